The Morgan fingerprint density at radius 2 is 2.23 bits per heavy atom. The molecule has 1 rings (SSSR count). The van der Waals surface area contributed by atoms with Crippen LogP contribution in [0.1, 0.15) is 11.1 Å². The molecule has 0 aliphatic carbocycles. The fourth-order valence-electron chi connectivity index (χ4n) is 0.939. The van der Waals surface area contributed by atoms with E-state index < -0.39 is 5.91 Å². The number of hydrogen-bond donors (Lipinski definition) is 1. The number of nitrogens with two attached hydrogens (primary N) is 1. The normalized spacial score (nSPS) is 10.6. The molecule has 1 amide bonds. The zero-order valence-electron chi connectivity index (χ0n) is 7.25. The lowest BCUT2D eigenvalue weighted by Crippen LogP contribution is -2.05. The summed E-state index contributed by atoms with van der Waals surface area (Å²) in [5.74, 6) is -0.933. The van der Waals surface area contributed by atoms with E-state index >= 15 is 0 Å². The Kier molecular flexibility index (Phi) is 2.80. The summed E-state index contributed by atoms with van der Waals surface area (Å²) in [5, 5.41) is 0. The molecule has 3 heteroatoms. The Balaban J connectivity index is 2.96. The van der Waals surface area contributed by atoms with Crippen molar-refractivity contribution in [2.75, 3.05) is 0 Å². The maximum atomic E-state index is 13.1. The van der Waals surface area contributed by atoms with Crippen LogP contribution in [0.3, 0.4) is 0 Å². The second-order valence-corrected chi connectivity index (χ2v) is 2.76. The number of amides is 1. The number of carbonyl (C=O) groups is 1. The number of primary amides is 1. The Bertz CT molecular complexity index is 358. The highest BCUT2D eigenvalue weighted by Crippen LogP contribution is 2.10. The molecule has 0 aliphatic rings. The zero-order valence-corrected chi connectivity index (χ0v) is 7.25. The smallest absolute Gasteiger partial charge is 0.241 e. The van der Waals surface area contributed by atoms with Gasteiger partial charge in [0.2, 0.25) is 5.91 Å². The summed E-state index contributed by atoms with van der Waals surface area (Å²) in [6, 6.07) is 4.77. The molecule has 0 aromatic heterocycles. The number of halogens is 1. The van der Waals surface area contributed by atoms with Gasteiger partial charge >= 0.3 is 0 Å². The number of carbonyl (C=O) groups excluding carboxylic acids is 1. The van der Waals surface area contributed by atoms with Gasteiger partial charge in [0, 0.05) is 11.6 Å². The number of rotatable bonds is 2. The van der Waals surface area contributed by atoms with Gasteiger partial charge in [0.15, 0.2) is 0 Å². The molecule has 0 radical (unpaired) electrons. The topological polar surface area (TPSA) is 43.1 Å². The minimum atomic E-state index is -0.583. The molecule has 0 aliphatic heterocycles. The van der Waals surface area contributed by atoms with Crippen LogP contribution >= 0.6 is 0 Å². The van der Waals surface area contributed by atoms with Gasteiger partial charge < -0.3 is 5.73 Å². The van der Waals surface area contributed by atoms with Crippen molar-refractivity contribution in [3.63, 3.8) is 0 Å². The zero-order chi connectivity index (χ0) is 9.84. The second kappa shape index (κ2) is 3.85. The monoisotopic (exact) mass is 179 g/mol. The first-order valence-corrected chi connectivity index (χ1v) is 3.83. The van der Waals surface area contributed by atoms with Gasteiger partial charge in [0.1, 0.15) is 5.82 Å². The van der Waals surface area contributed by atoms with E-state index in [9.17, 15) is 9.18 Å². The van der Waals surface area contributed by atoms with Gasteiger partial charge in [-0.15, -0.1) is 0 Å². The van der Waals surface area contributed by atoms with Crippen LogP contribution in [-0.4, -0.2) is 5.91 Å². The van der Waals surface area contributed by atoms with Gasteiger partial charge in [-0.1, -0.05) is 12.1 Å². The molecule has 1 aromatic rings. The van der Waals surface area contributed by atoms with Crippen molar-refractivity contribution in [1.29, 1.82) is 0 Å². The predicted molar refractivity (Wildman–Crippen MR) is 49.4 cm³/mol. The van der Waals surface area contributed by atoms with Crippen LogP contribution in [0.4, 0.5) is 4.39 Å². The number of benzene rings is 1. The van der Waals surface area contributed by atoms with Crippen molar-refractivity contribution in [3.05, 3.63) is 41.2 Å². The molecule has 13 heavy (non-hydrogen) atoms. The first kappa shape index (κ1) is 9.45. The molecule has 0 unspecified atom stereocenters. The van der Waals surface area contributed by atoms with Crippen LogP contribution in [0.15, 0.2) is 24.3 Å². The van der Waals surface area contributed by atoms with Crippen molar-refractivity contribution < 1.29 is 9.18 Å². The van der Waals surface area contributed by atoms with Gasteiger partial charge in [-0.05, 0) is 24.6 Å². The molecular formula is C10H10FNO. The minimum Gasteiger partial charge on any atom is -0.366 e. The third-order valence-electron chi connectivity index (χ3n) is 1.58. The largest absolute Gasteiger partial charge is 0.366 e. The Morgan fingerprint density at radius 1 is 1.54 bits per heavy atom. The quantitative estimate of drug-likeness (QED) is 0.689. The third kappa shape index (κ3) is 2.71. The third-order valence-corrected chi connectivity index (χ3v) is 1.58. The van der Waals surface area contributed by atoms with E-state index in [1.54, 1.807) is 19.1 Å². The predicted octanol–water partition coefficient (Wildman–Crippen LogP) is 1.63. The summed E-state index contributed by atoms with van der Waals surface area (Å²) in [7, 11) is 0. The molecular weight excluding hydrogens is 169 g/mol. The molecule has 0 heterocycles. The van der Waals surface area contributed by atoms with Gasteiger partial charge in [0.05, 0.1) is 0 Å². The first-order valence-electron chi connectivity index (χ1n) is 3.83. The van der Waals surface area contributed by atoms with Gasteiger partial charge in [0.25, 0.3) is 0 Å². The molecule has 2 nitrogen and oxygen atoms in total. The summed E-state index contributed by atoms with van der Waals surface area (Å²) in [5.41, 5.74) is 6.08. The lowest BCUT2D eigenvalue weighted by molar-refractivity contribution is -0.113. The molecule has 0 fully saturated rings. The van der Waals surface area contributed by atoms with E-state index in [1.165, 1.54) is 12.1 Å². The van der Waals surface area contributed by atoms with Crippen molar-refractivity contribution in [1.82, 2.24) is 0 Å². The maximum Gasteiger partial charge on any atom is 0.241 e. The van der Waals surface area contributed by atoms with Crippen molar-refractivity contribution in [2.24, 2.45) is 5.73 Å². The molecule has 68 valence electrons. The van der Waals surface area contributed by atoms with Crippen LogP contribution in [0.25, 0.3) is 6.08 Å². The van der Waals surface area contributed by atoms with Gasteiger partial charge in [-0.25, -0.2) is 4.39 Å². The molecule has 0 spiro atoms. The Labute approximate surface area is 75.9 Å². The Hall–Kier alpha value is -1.64. The lowest BCUT2D eigenvalue weighted by atomic mass is 10.1. The Morgan fingerprint density at radius 3 is 2.77 bits per heavy atom. The summed E-state index contributed by atoms with van der Waals surface area (Å²) in [4.78, 5) is 10.4. The highest BCUT2D eigenvalue weighted by Gasteiger charge is 1.97. The molecule has 0 bridgehead atoms. The van der Waals surface area contributed by atoms with E-state index in [0.717, 1.165) is 11.6 Å². The van der Waals surface area contributed by atoms with E-state index in [4.69, 9.17) is 5.73 Å². The van der Waals surface area contributed by atoms with Crippen molar-refractivity contribution in [3.8, 4) is 0 Å². The fourth-order valence-corrected chi connectivity index (χ4v) is 0.939. The minimum absolute atomic E-state index is 0.350. The average Bonchev–Trinajstić information content (AvgIpc) is 2.02. The van der Waals surface area contributed by atoms with E-state index in [1.807, 2.05) is 0 Å². The van der Waals surface area contributed by atoms with Crippen LogP contribution in [-0.2, 0) is 4.79 Å². The standard InChI is InChI=1S/C10H10FNO/c1-7-2-3-8(9(11)6-7)4-5-10(12)13/h2-6H,1H3,(H2,12,13). The number of hydrogen-bond acceptors (Lipinski definition) is 1. The van der Waals surface area contributed by atoms with E-state index in [0.29, 0.717) is 5.56 Å². The number of aryl methyl sites for hydroxylation is 1. The average molecular weight is 179 g/mol. The summed E-state index contributed by atoms with van der Waals surface area (Å²) in [6.45, 7) is 1.80. The molecule has 0 atom stereocenters. The molecule has 2 N–H and O–H groups in total. The fraction of sp³-hybridized carbons (Fsp3) is 0.100. The van der Waals surface area contributed by atoms with Crippen molar-refractivity contribution >= 4 is 12.0 Å². The summed E-state index contributed by atoms with van der Waals surface area (Å²) >= 11 is 0. The van der Waals surface area contributed by atoms with Crippen LogP contribution in [0.5, 0.6) is 0 Å². The molecule has 0 saturated heterocycles. The molecule has 1 aromatic carbocycles. The molecule has 0 saturated carbocycles. The maximum absolute atomic E-state index is 13.1. The van der Waals surface area contributed by atoms with Crippen LogP contribution < -0.4 is 5.73 Å². The second-order valence-electron chi connectivity index (χ2n) is 2.76. The first-order chi connectivity index (χ1) is 6.09. The van der Waals surface area contributed by atoms with E-state index in [2.05, 4.69) is 0 Å². The van der Waals surface area contributed by atoms with Gasteiger partial charge in [-0.3, -0.25) is 4.79 Å². The highest BCUT2D eigenvalue weighted by atomic mass is 19.1. The van der Waals surface area contributed by atoms with Crippen LogP contribution in [0.2, 0.25) is 0 Å². The lowest BCUT2D eigenvalue weighted by Gasteiger charge is -1.97. The van der Waals surface area contributed by atoms with Gasteiger partial charge in [-0.2, -0.15) is 0 Å². The summed E-state index contributed by atoms with van der Waals surface area (Å²) in [6.07, 6.45) is 2.49. The SMILES string of the molecule is Cc1ccc(C=CC(N)=O)c(F)c1. The van der Waals surface area contributed by atoms with Crippen LogP contribution in [0, 0.1) is 12.7 Å². The van der Waals surface area contributed by atoms with E-state index in [-0.39, 0.29) is 5.82 Å². The summed E-state index contributed by atoms with van der Waals surface area (Å²) < 4.78 is 13.1. The van der Waals surface area contributed by atoms with Crippen molar-refractivity contribution in [2.45, 2.75) is 6.92 Å². The highest BCUT2D eigenvalue weighted by molar-refractivity contribution is 5.90.